The maximum absolute atomic E-state index is 14.2. The molecule has 0 spiro atoms. The third kappa shape index (κ3) is 2.76. The molecule has 2 aromatic heterocycles. The summed E-state index contributed by atoms with van der Waals surface area (Å²) in [5, 5.41) is 3.88. The molecule has 1 aromatic carbocycles. The van der Waals surface area contributed by atoms with Crippen molar-refractivity contribution in [3.63, 3.8) is 0 Å². The number of urea groups is 1. The van der Waals surface area contributed by atoms with Crippen molar-refractivity contribution in [2.75, 3.05) is 19.0 Å². The number of nitrogens with one attached hydrogen (secondary N) is 2. The molecule has 2 unspecified atom stereocenters. The van der Waals surface area contributed by atoms with Crippen LogP contribution in [0.1, 0.15) is 36.9 Å². The fourth-order valence-electron chi connectivity index (χ4n) is 5.88. The molecule has 3 aliphatic rings. The zero-order chi connectivity index (χ0) is 22.0. The highest BCUT2D eigenvalue weighted by Crippen LogP contribution is 2.45. The number of hydrogen-bond acceptors (Lipinski definition) is 3. The molecule has 0 radical (unpaired) electrons. The van der Waals surface area contributed by atoms with E-state index in [1.165, 1.54) is 17.2 Å². The summed E-state index contributed by atoms with van der Waals surface area (Å²) >= 11 is 0. The lowest BCUT2D eigenvalue weighted by Gasteiger charge is -2.44. The van der Waals surface area contributed by atoms with Crippen molar-refractivity contribution in [3.05, 3.63) is 53.6 Å². The van der Waals surface area contributed by atoms with Crippen molar-refractivity contribution in [1.29, 1.82) is 0 Å². The summed E-state index contributed by atoms with van der Waals surface area (Å²) in [4.78, 5) is 24.9. The number of carbonyl (C=O) groups excluding carboxylic acids is 1. The zero-order valence-corrected chi connectivity index (χ0v) is 18.3. The normalized spacial score (nSPS) is 21.8. The Hall–Kier alpha value is -3.35. The van der Waals surface area contributed by atoms with Crippen LogP contribution < -0.4 is 10.2 Å². The highest BCUT2D eigenvalue weighted by atomic mass is 19.1. The summed E-state index contributed by atoms with van der Waals surface area (Å²) < 4.78 is 14.2. The summed E-state index contributed by atoms with van der Waals surface area (Å²) in [6, 6.07) is 7.30. The number of carbonyl (C=O) groups is 1. The average Bonchev–Trinajstić information content (AvgIpc) is 3.10. The number of aromatic nitrogens is 2. The number of rotatable bonds is 1. The fraction of sp³-hybridized carbons (Fsp3) is 0.360. The van der Waals surface area contributed by atoms with Crippen LogP contribution in [0.25, 0.3) is 27.7 Å². The van der Waals surface area contributed by atoms with Gasteiger partial charge < -0.3 is 20.1 Å². The molecular weight excluding hydrogens is 405 g/mol. The summed E-state index contributed by atoms with van der Waals surface area (Å²) in [5.74, 6) is -0.238. The summed E-state index contributed by atoms with van der Waals surface area (Å²) in [7, 11) is 3.75. The van der Waals surface area contributed by atoms with E-state index in [0.717, 1.165) is 59.2 Å². The van der Waals surface area contributed by atoms with Crippen LogP contribution in [0.15, 0.2) is 36.5 Å². The SMILES string of the molecule is CNC(=O)N1C2C=C(c3[nH]c4nccc5c4c3CN(C)c3ccc(F)cc3-5)CC1CCC2. The molecule has 0 saturated carbocycles. The van der Waals surface area contributed by atoms with E-state index in [4.69, 9.17) is 0 Å². The Morgan fingerprint density at radius 2 is 2.12 bits per heavy atom. The third-order valence-corrected chi connectivity index (χ3v) is 7.26. The summed E-state index contributed by atoms with van der Waals surface area (Å²) in [5.41, 5.74) is 7.30. The first-order chi connectivity index (χ1) is 15.5. The molecular formula is C25H26FN5O. The second kappa shape index (κ2) is 7.08. The van der Waals surface area contributed by atoms with Crippen molar-refractivity contribution in [2.45, 2.75) is 44.3 Å². The number of H-pyrrole nitrogens is 1. The minimum absolute atomic E-state index is 0.00551. The van der Waals surface area contributed by atoms with Crippen LogP contribution in [0.2, 0.25) is 0 Å². The van der Waals surface area contributed by atoms with Crippen LogP contribution in [-0.4, -0.2) is 47.1 Å². The number of hydrogen-bond donors (Lipinski definition) is 2. The minimum Gasteiger partial charge on any atom is -0.370 e. The molecule has 7 heteroatoms. The zero-order valence-electron chi connectivity index (χ0n) is 18.3. The Labute approximate surface area is 186 Å². The highest BCUT2D eigenvalue weighted by molar-refractivity contribution is 6.03. The largest absolute Gasteiger partial charge is 0.370 e. The van der Waals surface area contributed by atoms with E-state index < -0.39 is 0 Å². The van der Waals surface area contributed by atoms with Gasteiger partial charge in [0.25, 0.3) is 0 Å². The average molecular weight is 432 g/mol. The van der Waals surface area contributed by atoms with Crippen LogP contribution in [0.3, 0.4) is 0 Å². The van der Waals surface area contributed by atoms with Gasteiger partial charge in [0.15, 0.2) is 0 Å². The second-order valence-corrected chi connectivity index (χ2v) is 9.09. The molecule has 2 atom stereocenters. The summed E-state index contributed by atoms with van der Waals surface area (Å²) in [6.07, 6.45) is 8.02. The van der Waals surface area contributed by atoms with Gasteiger partial charge in [-0.15, -0.1) is 0 Å². The van der Waals surface area contributed by atoms with E-state index >= 15 is 0 Å². The number of piperidine rings is 1. The lowest BCUT2D eigenvalue weighted by Crippen LogP contribution is -2.54. The number of pyridine rings is 1. The molecule has 3 aliphatic heterocycles. The molecule has 3 aromatic rings. The lowest BCUT2D eigenvalue weighted by molar-refractivity contribution is 0.124. The van der Waals surface area contributed by atoms with Gasteiger partial charge in [0, 0.05) is 60.8 Å². The van der Waals surface area contributed by atoms with Crippen LogP contribution in [-0.2, 0) is 6.54 Å². The number of benzene rings is 1. The molecule has 164 valence electrons. The molecule has 2 amide bonds. The molecule has 6 nitrogen and oxygen atoms in total. The smallest absolute Gasteiger partial charge is 0.317 e. The molecule has 2 bridgehead atoms. The Morgan fingerprint density at radius 3 is 2.94 bits per heavy atom. The molecule has 5 heterocycles. The van der Waals surface area contributed by atoms with Crippen molar-refractivity contribution in [2.24, 2.45) is 0 Å². The number of halogens is 1. The topological polar surface area (TPSA) is 64.3 Å². The number of amides is 2. The van der Waals surface area contributed by atoms with Crippen molar-refractivity contribution in [1.82, 2.24) is 20.2 Å². The van der Waals surface area contributed by atoms with Gasteiger partial charge in [0.1, 0.15) is 11.5 Å². The predicted molar refractivity (Wildman–Crippen MR) is 124 cm³/mol. The number of aromatic amines is 1. The monoisotopic (exact) mass is 431 g/mol. The molecule has 0 aliphatic carbocycles. The highest BCUT2D eigenvalue weighted by Gasteiger charge is 2.38. The molecule has 1 saturated heterocycles. The van der Waals surface area contributed by atoms with Gasteiger partial charge in [0.2, 0.25) is 0 Å². The first-order valence-electron chi connectivity index (χ1n) is 11.3. The standard InChI is InChI=1S/C25H26FN5O/c1-27-25(32)31-16-4-3-5-17(31)11-14(10-16)23-20-13-30(2)21-7-6-15(26)12-19(21)18-8-9-28-24(29-23)22(18)20/h6-10,12,16-17H,3-5,11,13H2,1-2H3,(H,27,32)(H,28,29). The number of nitrogens with zero attached hydrogens (tertiary/aromatic N) is 3. The number of fused-ring (bicyclic) bond motifs is 4. The maximum Gasteiger partial charge on any atom is 0.317 e. The minimum atomic E-state index is -0.238. The fourth-order valence-corrected chi connectivity index (χ4v) is 5.88. The van der Waals surface area contributed by atoms with E-state index in [2.05, 4.69) is 33.3 Å². The predicted octanol–water partition coefficient (Wildman–Crippen LogP) is 4.67. The Balaban J connectivity index is 1.53. The van der Waals surface area contributed by atoms with Crippen molar-refractivity contribution < 1.29 is 9.18 Å². The van der Waals surface area contributed by atoms with Gasteiger partial charge in [-0.3, -0.25) is 0 Å². The molecule has 6 rings (SSSR count). The molecule has 2 N–H and O–H groups in total. The first kappa shape index (κ1) is 19.3. The van der Waals surface area contributed by atoms with Crippen LogP contribution in [0, 0.1) is 5.82 Å². The van der Waals surface area contributed by atoms with Crippen molar-refractivity contribution >= 4 is 28.3 Å². The first-order valence-corrected chi connectivity index (χ1v) is 11.3. The van der Waals surface area contributed by atoms with E-state index in [-0.39, 0.29) is 23.9 Å². The van der Waals surface area contributed by atoms with Gasteiger partial charge >= 0.3 is 6.03 Å². The van der Waals surface area contributed by atoms with Gasteiger partial charge in [-0.25, -0.2) is 14.2 Å². The second-order valence-electron chi connectivity index (χ2n) is 9.09. The van der Waals surface area contributed by atoms with Crippen LogP contribution >= 0.6 is 0 Å². The van der Waals surface area contributed by atoms with E-state index in [1.54, 1.807) is 19.3 Å². The Kier molecular flexibility index (Phi) is 4.28. The summed E-state index contributed by atoms with van der Waals surface area (Å²) in [6.45, 7) is 0.707. The molecule has 1 fully saturated rings. The van der Waals surface area contributed by atoms with Gasteiger partial charge in [-0.1, -0.05) is 6.08 Å². The van der Waals surface area contributed by atoms with E-state index in [9.17, 15) is 9.18 Å². The van der Waals surface area contributed by atoms with Gasteiger partial charge in [-0.05, 0) is 61.1 Å². The van der Waals surface area contributed by atoms with E-state index in [0.29, 0.717) is 6.54 Å². The number of anilines is 1. The van der Waals surface area contributed by atoms with Crippen molar-refractivity contribution in [3.8, 4) is 11.1 Å². The quantitative estimate of drug-likeness (QED) is 0.589. The Bertz CT molecular complexity index is 1280. The lowest BCUT2D eigenvalue weighted by atomic mass is 9.83. The van der Waals surface area contributed by atoms with Gasteiger partial charge in [-0.2, -0.15) is 0 Å². The third-order valence-electron chi connectivity index (χ3n) is 7.26. The van der Waals surface area contributed by atoms with E-state index in [1.807, 2.05) is 17.0 Å². The van der Waals surface area contributed by atoms with Crippen LogP contribution in [0.4, 0.5) is 14.9 Å². The Morgan fingerprint density at radius 1 is 1.25 bits per heavy atom. The van der Waals surface area contributed by atoms with Crippen LogP contribution in [0.5, 0.6) is 0 Å². The van der Waals surface area contributed by atoms with Gasteiger partial charge in [0.05, 0.1) is 6.04 Å². The maximum atomic E-state index is 14.2. The molecule has 32 heavy (non-hydrogen) atoms.